The van der Waals surface area contributed by atoms with E-state index in [2.05, 4.69) is 15.5 Å². The van der Waals surface area contributed by atoms with E-state index in [1.165, 1.54) is 0 Å². The lowest BCUT2D eigenvalue weighted by Crippen LogP contribution is -2.32. The van der Waals surface area contributed by atoms with Gasteiger partial charge in [0.2, 0.25) is 11.8 Å². The Bertz CT molecular complexity index is 430. The Labute approximate surface area is 113 Å². The highest BCUT2D eigenvalue weighted by atomic mass is 16.5. The molecular formula is C13H22N4O2. The molecule has 1 fully saturated rings. The highest BCUT2D eigenvalue weighted by molar-refractivity contribution is 5.77. The van der Waals surface area contributed by atoms with Crippen molar-refractivity contribution in [3.63, 3.8) is 0 Å². The largest absolute Gasteiger partial charge is 0.339 e. The van der Waals surface area contributed by atoms with Crippen LogP contribution in [0.3, 0.4) is 0 Å². The summed E-state index contributed by atoms with van der Waals surface area (Å²) in [5.41, 5.74) is 0. The second kappa shape index (κ2) is 6.14. The van der Waals surface area contributed by atoms with Gasteiger partial charge in [-0.1, -0.05) is 19.0 Å². The molecule has 1 unspecified atom stereocenters. The quantitative estimate of drug-likeness (QED) is 0.873. The van der Waals surface area contributed by atoms with E-state index < -0.39 is 0 Å². The van der Waals surface area contributed by atoms with Crippen molar-refractivity contribution in [1.82, 2.24) is 20.4 Å². The molecule has 6 nitrogen and oxygen atoms in total. The van der Waals surface area contributed by atoms with Gasteiger partial charge < -0.3 is 14.7 Å². The van der Waals surface area contributed by atoms with Gasteiger partial charge in [0, 0.05) is 25.4 Å². The van der Waals surface area contributed by atoms with Crippen molar-refractivity contribution in [3.8, 4) is 0 Å². The van der Waals surface area contributed by atoms with Crippen LogP contribution in [0.2, 0.25) is 0 Å². The van der Waals surface area contributed by atoms with Gasteiger partial charge in [0.15, 0.2) is 5.82 Å². The van der Waals surface area contributed by atoms with Crippen LogP contribution in [0.4, 0.5) is 0 Å². The molecule has 0 radical (unpaired) electrons. The van der Waals surface area contributed by atoms with Crippen molar-refractivity contribution in [2.75, 3.05) is 20.1 Å². The molecule has 0 saturated carbocycles. The van der Waals surface area contributed by atoms with Gasteiger partial charge in [0.1, 0.15) is 0 Å². The van der Waals surface area contributed by atoms with Gasteiger partial charge >= 0.3 is 0 Å². The summed E-state index contributed by atoms with van der Waals surface area (Å²) < 4.78 is 5.24. The second-order valence-corrected chi connectivity index (χ2v) is 5.24. The summed E-state index contributed by atoms with van der Waals surface area (Å²) in [6.45, 7) is 5.52. The molecule has 0 bridgehead atoms. The number of rotatable bonds is 5. The van der Waals surface area contributed by atoms with Gasteiger partial charge in [0.25, 0.3) is 0 Å². The van der Waals surface area contributed by atoms with Crippen molar-refractivity contribution in [1.29, 1.82) is 0 Å². The number of likely N-dealkylation sites (tertiary alicyclic amines) is 1. The van der Waals surface area contributed by atoms with Crippen molar-refractivity contribution >= 4 is 5.91 Å². The summed E-state index contributed by atoms with van der Waals surface area (Å²) in [4.78, 5) is 18.4. The Morgan fingerprint density at radius 3 is 3.00 bits per heavy atom. The molecule has 6 heteroatoms. The van der Waals surface area contributed by atoms with Crippen LogP contribution in [0.5, 0.6) is 0 Å². The number of nitrogens with one attached hydrogen (secondary N) is 1. The minimum atomic E-state index is -0.0133. The van der Waals surface area contributed by atoms with E-state index in [4.69, 9.17) is 4.52 Å². The smallest absolute Gasteiger partial charge is 0.229 e. The number of aromatic nitrogens is 2. The van der Waals surface area contributed by atoms with Crippen LogP contribution in [0, 0.1) is 0 Å². The number of hydrogen-bond acceptors (Lipinski definition) is 5. The topological polar surface area (TPSA) is 71.3 Å². The van der Waals surface area contributed by atoms with Crippen molar-refractivity contribution in [2.45, 2.75) is 45.1 Å². The monoisotopic (exact) mass is 266 g/mol. The first kappa shape index (κ1) is 14.0. The van der Waals surface area contributed by atoms with Crippen molar-refractivity contribution in [3.05, 3.63) is 11.7 Å². The number of hydrogen-bond donors (Lipinski definition) is 1. The molecule has 19 heavy (non-hydrogen) atoms. The minimum absolute atomic E-state index is 0.0133. The van der Waals surface area contributed by atoms with E-state index in [1.54, 1.807) is 0 Å². The number of nitrogens with zero attached hydrogens (tertiary/aromatic N) is 3. The molecule has 0 spiro atoms. The zero-order valence-corrected chi connectivity index (χ0v) is 11.8. The van der Waals surface area contributed by atoms with Crippen molar-refractivity contribution in [2.24, 2.45) is 0 Å². The van der Waals surface area contributed by atoms with Gasteiger partial charge in [-0.2, -0.15) is 4.98 Å². The normalized spacial score (nSPS) is 19.4. The fraction of sp³-hybridized carbons (Fsp3) is 0.769. The third-order valence-corrected chi connectivity index (χ3v) is 3.41. The predicted molar refractivity (Wildman–Crippen MR) is 70.6 cm³/mol. The van der Waals surface area contributed by atoms with Gasteiger partial charge in [-0.25, -0.2) is 0 Å². The standard InChI is InChI=1S/C13H22N4O2/c1-9(2)13-15-12(16-19-13)10-5-4-8-17(10)11(18)6-7-14-3/h9-10,14H,4-8H2,1-3H3. The minimum Gasteiger partial charge on any atom is -0.339 e. The summed E-state index contributed by atoms with van der Waals surface area (Å²) in [5, 5.41) is 7.04. The third kappa shape index (κ3) is 3.12. The fourth-order valence-electron chi connectivity index (χ4n) is 2.33. The van der Waals surface area contributed by atoms with E-state index in [0.717, 1.165) is 19.4 Å². The summed E-state index contributed by atoms with van der Waals surface area (Å²) in [6, 6.07) is -0.0133. The molecule has 1 amide bonds. The SMILES string of the molecule is CNCCC(=O)N1CCCC1c1noc(C(C)C)n1. The number of carbonyl (C=O) groups excluding carboxylic acids is 1. The molecule has 106 valence electrons. The van der Waals surface area contributed by atoms with Crippen LogP contribution in [0.1, 0.15) is 56.8 Å². The summed E-state index contributed by atoms with van der Waals surface area (Å²) in [6.07, 6.45) is 2.44. The maximum atomic E-state index is 12.1. The predicted octanol–water partition coefficient (Wildman–Crippen LogP) is 1.47. The summed E-state index contributed by atoms with van der Waals surface area (Å²) >= 11 is 0. The van der Waals surface area contributed by atoms with Gasteiger partial charge in [-0.15, -0.1) is 0 Å². The summed E-state index contributed by atoms with van der Waals surface area (Å²) in [5.74, 6) is 1.67. The first-order valence-electron chi connectivity index (χ1n) is 6.91. The average molecular weight is 266 g/mol. The van der Waals surface area contributed by atoms with Crippen LogP contribution >= 0.6 is 0 Å². The first-order chi connectivity index (χ1) is 9.13. The van der Waals surface area contributed by atoms with E-state index in [1.807, 2.05) is 25.8 Å². The lowest BCUT2D eigenvalue weighted by Gasteiger charge is -2.22. The Balaban J connectivity index is 2.07. The van der Waals surface area contributed by atoms with Gasteiger partial charge in [-0.05, 0) is 19.9 Å². The lowest BCUT2D eigenvalue weighted by molar-refractivity contribution is -0.132. The molecule has 1 aliphatic rings. The Morgan fingerprint density at radius 2 is 2.37 bits per heavy atom. The Morgan fingerprint density at radius 1 is 1.58 bits per heavy atom. The van der Waals surface area contributed by atoms with Crippen LogP contribution in [0.25, 0.3) is 0 Å². The van der Waals surface area contributed by atoms with Crippen LogP contribution < -0.4 is 5.32 Å². The highest BCUT2D eigenvalue weighted by Gasteiger charge is 2.33. The molecule has 1 aromatic rings. The molecule has 0 aliphatic carbocycles. The average Bonchev–Trinajstić information content (AvgIpc) is 3.02. The molecule has 1 atom stereocenters. The van der Waals surface area contributed by atoms with E-state index >= 15 is 0 Å². The zero-order valence-electron chi connectivity index (χ0n) is 11.8. The maximum absolute atomic E-state index is 12.1. The van der Waals surface area contributed by atoms with E-state index in [-0.39, 0.29) is 17.9 Å². The molecule has 0 aromatic carbocycles. The second-order valence-electron chi connectivity index (χ2n) is 5.24. The number of amides is 1. The number of carbonyl (C=O) groups is 1. The van der Waals surface area contributed by atoms with Crippen molar-refractivity contribution < 1.29 is 9.32 Å². The Kier molecular flexibility index (Phi) is 4.52. The molecule has 1 aromatic heterocycles. The van der Waals surface area contributed by atoms with E-state index in [0.29, 0.717) is 24.7 Å². The maximum Gasteiger partial charge on any atom is 0.229 e. The first-order valence-corrected chi connectivity index (χ1v) is 6.91. The van der Waals surface area contributed by atoms with Crippen LogP contribution in [-0.2, 0) is 4.79 Å². The molecule has 1 saturated heterocycles. The fourth-order valence-corrected chi connectivity index (χ4v) is 2.33. The van der Waals surface area contributed by atoms with Gasteiger partial charge in [0.05, 0.1) is 6.04 Å². The molecule has 2 rings (SSSR count). The molecule has 1 aliphatic heterocycles. The van der Waals surface area contributed by atoms with Crippen LogP contribution in [-0.4, -0.2) is 41.1 Å². The van der Waals surface area contributed by atoms with Crippen LogP contribution in [0.15, 0.2) is 4.52 Å². The highest BCUT2D eigenvalue weighted by Crippen LogP contribution is 2.31. The zero-order chi connectivity index (χ0) is 13.8. The Hall–Kier alpha value is -1.43. The molecular weight excluding hydrogens is 244 g/mol. The molecule has 2 heterocycles. The lowest BCUT2D eigenvalue weighted by atomic mass is 10.2. The van der Waals surface area contributed by atoms with Gasteiger partial charge in [-0.3, -0.25) is 4.79 Å². The molecule has 1 N–H and O–H groups in total. The summed E-state index contributed by atoms with van der Waals surface area (Å²) in [7, 11) is 1.85. The third-order valence-electron chi connectivity index (χ3n) is 3.41. The van der Waals surface area contributed by atoms with E-state index in [9.17, 15) is 4.79 Å².